The van der Waals surface area contributed by atoms with E-state index in [0.29, 0.717) is 23.8 Å². The van der Waals surface area contributed by atoms with E-state index in [4.69, 9.17) is 4.74 Å². The van der Waals surface area contributed by atoms with Gasteiger partial charge in [-0.1, -0.05) is 6.07 Å². The highest BCUT2D eigenvalue weighted by Gasteiger charge is 2.23. The first-order valence-corrected chi connectivity index (χ1v) is 14.0. The molecule has 1 aliphatic heterocycles. The number of sulfonamides is 1. The summed E-state index contributed by atoms with van der Waals surface area (Å²) in [7, 11) is -4.45. The van der Waals surface area contributed by atoms with Gasteiger partial charge in [0, 0.05) is 29.5 Å². The van der Waals surface area contributed by atoms with Gasteiger partial charge in [0.25, 0.3) is 10.0 Å². The normalized spacial score (nSPS) is 13.8. The number of aromatic nitrogens is 2. The second-order valence-electron chi connectivity index (χ2n) is 9.07. The average Bonchev–Trinajstić information content (AvgIpc) is 3.44. The lowest BCUT2D eigenvalue weighted by atomic mass is 10.1. The van der Waals surface area contributed by atoms with Crippen LogP contribution in [0, 0.1) is 11.6 Å². The van der Waals surface area contributed by atoms with Crippen LogP contribution in [-0.2, 0) is 10.0 Å². The zero-order chi connectivity index (χ0) is 27.2. The lowest BCUT2D eigenvalue weighted by Crippen LogP contribution is -2.25. The number of likely N-dealkylation sites (tertiary alicyclic amines) is 1. The minimum absolute atomic E-state index is 0.148. The molecule has 0 bridgehead atoms. The summed E-state index contributed by atoms with van der Waals surface area (Å²) < 4.78 is 60.9. The van der Waals surface area contributed by atoms with Crippen LogP contribution in [0.5, 0.6) is 5.75 Å². The Hall–Kier alpha value is -4.09. The van der Waals surface area contributed by atoms with Crippen LogP contribution in [0.15, 0.2) is 84.0 Å². The van der Waals surface area contributed by atoms with Crippen molar-refractivity contribution < 1.29 is 21.9 Å². The van der Waals surface area contributed by atoms with Crippen LogP contribution in [-0.4, -0.2) is 49.5 Å². The van der Waals surface area contributed by atoms with Gasteiger partial charge in [-0.25, -0.2) is 27.2 Å². The second kappa shape index (κ2) is 11.7. The van der Waals surface area contributed by atoms with Crippen LogP contribution in [0.1, 0.15) is 12.8 Å². The molecule has 4 aromatic rings. The summed E-state index contributed by atoms with van der Waals surface area (Å²) in [5, 5.41) is 3.14. The first-order chi connectivity index (χ1) is 18.9. The molecular weight excluding hydrogens is 524 g/mol. The molecule has 2 heterocycles. The van der Waals surface area contributed by atoms with Gasteiger partial charge in [0.15, 0.2) is 4.90 Å². The van der Waals surface area contributed by atoms with Crippen molar-refractivity contribution in [3.8, 4) is 17.0 Å². The molecule has 0 aliphatic carbocycles. The molecule has 1 aromatic heterocycles. The number of anilines is 3. The van der Waals surface area contributed by atoms with Crippen LogP contribution in [0.4, 0.5) is 26.0 Å². The van der Waals surface area contributed by atoms with Crippen molar-refractivity contribution in [2.45, 2.75) is 17.7 Å². The maximum absolute atomic E-state index is 13.9. The molecule has 0 atom stereocenters. The lowest BCUT2D eigenvalue weighted by molar-refractivity contribution is 0.238. The van der Waals surface area contributed by atoms with Crippen LogP contribution >= 0.6 is 0 Å². The van der Waals surface area contributed by atoms with E-state index in [-0.39, 0.29) is 5.69 Å². The first kappa shape index (κ1) is 26.5. The molecule has 5 rings (SSSR count). The van der Waals surface area contributed by atoms with E-state index in [9.17, 15) is 17.2 Å². The maximum Gasteiger partial charge on any atom is 0.267 e. The molecule has 1 saturated heterocycles. The second-order valence-corrected chi connectivity index (χ2v) is 10.7. The molecule has 0 saturated carbocycles. The van der Waals surface area contributed by atoms with Gasteiger partial charge in [-0.3, -0.25) is 9.62 Å². The molecule has 1 aliphatic rings. The van der Waals surface area contributed by atoms with Crippen LogP contribution in [0.3, 0.4) is 0 Å². The van der Waals surface area contributed by atoms with Gasteiger partial charge in [0.1, 0.15) is 36.1 Å². The Balaban J connectivity index is 1.20. The summed E-state index contributed by atoms with van der Waals surface area (Å²) in [4.78, 5) is 9.99. The fourth-order valence-corrected chi connectivity index (χ4v) is 5.52. The van der Waals surface area contributed by atoms with E-state index in [2.05, 4.69) is 24.9 Å². The number of hydrogen-bond acceptors (Lipinski definition) is 7. The third-order valence-electron chi connectivity index (χ3n) is 6.29. The Morgan fingerprint density at radius 2 is 1.54 bits per heavy atom. The van der Waals surface area contributed by atoms with Crippen LogP contribution in [0.2, 0.25) is 0 Å². The Bertz CT molecular complexity index is 1510. The van der Waals surface area contributed by atoms with Crippen molar-refractivity contribution in [3.63, 3.8) is 0 Å². The summed E-state index contributed by atoms with van der Waals surface area (Å²) >= 11 is 0. The molecule has 1 fully saturated rings. The molecular formula is C28H27F2N5O3S. The Morgan fingerprint density at radius 1 is 0.872 bits per heavy atom. The standard InChI is InChI=1S/C28H27F2N5O3S/c29-24-4-3-5-25(30)28(24)39(36,37)34-22-10-8-21(9-11-22)33-27-18-26(31-19-32-27)20-6-12-23(13-7-20)38-17-16-35-14-1-2-15-35/h3-13,18-19,34H,1-2,14-17H2,(H,31,32,33). The van der Waals surface area contributed by atoms with E-state index in [0.717, 1.165) is 49.1 Å². The molecule has 0 amide bonds. The summed E-state index contributed by atoms with van der Waals surface area (Å²) in [6, 6.07) is 18.6. The number of hydrogen-bond donors (Lipinski definition) is 2. The third kappa shape index (κ3) is 6.68. The van der Waals surface area contributed by atoms with Gasteiger partial charge in [0.2, 0.25) is 0 Å². The van der Waals surface area contributed by atoms with Crippen LogP contribution < -0.4 is 14.8 Å². The van der Waals surface area contributed by atoms with Crippen LogP contribution in [0.25, 0.3) is 11.3 Å². The van der Waals surface area contributed by atoms with E-state index in [1.54, 1.807) is 18.2 Å². The molecule has 202 valence electrons. The highest BCUT2D eigenvalue weighted by molar-refractivity contribution is 7.92. The van der Waals surface area contributed by atoms with Crippen molar-refractivity contribution in [2.75, 3.05) is 36.3 Å². The SMILES string of the molecule is O=S(=O)(Nc1ccc(Nc2cc(-c3ccc(OCCN4CCCC4)cc3)ncn2)cc1)c1c(F)cccc1F. The zero-order valence-electron chi connectivity index (χ0n) is 21.0. The number of halogens is 2. The monoisotopic (exact) mass is 551 g/mol. The zero-order valence-corrected chi connectivity index (χ0v) is 21.8. The number of ether oxygens (including phenoxy) is 1. The first-order valence-electron chi connectivity index (χ1n) is 12.5. The van der Waals surface area contributed by atoms with E-state index in [1.165, 1.54) is 31.3 Å². The molecule has 3 aromatic carbocycles. The predicted molar refractivity (Wildman–Crippen MR) is 146 cm³/mol. The molecule has 0 radical (unpaired) electrons. The molecule has 2 N–H and O–H groups in total. The van der Waals surface area contributed by atoms with Crippen molar-refractivity contribution >= 4 is 27.2 Å². The van der Waals surface area contributed by atoms with Crippen molar-refractivity contribution in [1.82, 2.24) is 14.9 Å². The number of benzene rings is 3. The fourth-order valence-electron chi connectivity index (χ4n) is 4.32. The molecule has 0 unspecified atom stereocenters. The van der Waals surface area contributed by atoms with Gasteiger partial charge in [-0.15, -0.1) is 0 Å². The minimum atomic E-state index is -4.45. The van der Waals surface area contributed by atoms with E-state index >= 15 is 0 Å². The van der Waals surface area contributed by atoms with E-state index < -0.39 is 26.6 Å². The predicted octanol–water partition coefficient (Wildman–Crippen LogP) is 5.44. The van der Waals surface area contributed by atoms with Crippen molar-refractivity contribution in [1.29, 1.82) is 0 Å². The summed E-state index contributed by atoms with van der Waals surface area (Å²) in [5.74, 6) is -0.994. The Labute approximate surface area is 225 Å². The van der Waals surface area contributed by atoms with Crippen molar-refractivity contribution in [2.24, 2.45) is 0 Å². The van der Waals surface area contributed by atoms with Gasteiger partial charge >= 0.3 is 0 Å². The largest absolute Gasteiger partial charge is 0.492 e. The van der Waals surface area contributed by atoms with E-state index in [1.807, 2.05) is 24.3 Å². The fraction of sp³-hybridized carbons (Fsp3) is 0.214. The van der Waals surface area contributed by atoms with Gasteiger partial charge < -0.3 is 10.1 Å². The lowest BCUT2D eigenvalue weighted by Gasteiger charge is -2.15. The minimum Gasteiger partial charge on any atom is -0.492 e. The number of nitrogens with zero attached hydrogens (tertiary/aromatic N) is 3. The quantitative estimate of drug-likeness (QED) is 0.271. The molecule has 39 heavy (non-hydrogen) atoms. The highest BCUT2D eigenvalue weighted by Crippen LogP contribution is 2.26. The third-order valence-corrected chi connectivity index (χ3v) is 7.72. The summed E-state index contributed by atoms with van der Waals surface area (Å²) in [6.07, 6.45) is 3.97. The van der Waals surface area contributed by atoms with Gasteiger partial charge in [-0.2, -0.15) is 0 Å². The maximum atomic E-state index is 13.9. The van der Waals surface area contributed by atoms with Gasteiger partial charge in [0.05, 0.1) is 5.69 Å². The number of nitrogens with one attached hydrogen (secondary N) is 2. The topological polar surface area (TPSA) is 96.5 Å². The van der Waals surface area contributed by atoms with Gasteiger partial charge in [-0.05, 0) is 86.6 Å². The summed E-state index contributed by atoms with van der Waals surface area (Å²) in [5.41, 5.74) is 2.39. The van der Waals surface area contributed by atoms with Crippen molar-refractivity contribution in [3.05, 3.63) is 90.8 Å². The number of rotatable bonds is 10. The smallest absolute Gasteiger partial charge is 0.267 e. The highest BCUT2D eigenvalue weighted by atomic mass is 32.2. The summed E-state index contributed by atoms with van der Waals surface area (Å²) in [6.45, 7) is 3.87. The Kier molecular flexibility index (Phi) is 7.99. The molecule has 0 spiro atoms. The molecule has 11 heteroatoms. The average molecular weight is 552 g/mol. The Morgan fingerprint density at radius 3 is 2.23 bits per heavy atom. The molecule has 8 nitrogen and oxygen atoms in total.